The number of hydrogen-bond acceptors (Lipinski definition) is 3. The molecule has 2 N–H and O–H groups in total. The highest BCUT2D eigenvalue weighted by Gasteiger charge is 2.55. The number of hydrogen-bond donors (Lipinski definition) is 2. The molecule has 1 aromatic heterocycles. The number of nitrogens with zero attached hydrogens (tertiary/aromatic N) is 2. The second-order valence-electron chi connectivity index (χ2n) is 7.87. The van der Waals surface area contributed by atoms with Gasteiger partial charge in [0.15, 0.2) is 0 Å². The van der Waals surface area contributed by atoms with E-state index in [-0.39, 0.29) is 28.5 Å². The molecule has 0 saturated heterocycles. The van der Waals surface area contributed by atoms with Gasteiger partial charge in [-0.2, -0.15) is 13.9 Å². The summed E-state index contributed by atoms with van der Waals surface area (Å²) in [4.78, 5) is 24.5. The van der Waals surface area contributed by atoms with Crippen molar-refractivity contribution in [3.8, 4) is 0 Å². The van der Waals surface area contributed by atoms with Crippen LogP contribution in [0.2, 0.25) is 0 Å². The fraction of sp³-hybridized carbons (Fsp3) is 0.611. The van der Waals surface area contributed by atoms with Crippen molar-refractivity contribution in [2.45, 2.75) is 53.1 Å². The van der Waals surface area contributed by atoms with Crippen molar-refractivity contribution in [1.29, 1.82) is 0 Å². The Morgan fingerprint density at radius 3 is 2.42 bits per heavy atom. The molecule has 3 saturated carbocycles. The van der Waals surface area contributed by atoms with E-state index in [1.54, 1.807) is 0 Å². The van der Waals surface area contributed by atoms with Crippen molar-refractivity contribution >= 4 is 17.5 Å². The number of anilines is 1. The highest BCUT2D eigenvalue weighted by molar-refractivity contribution is 6.39. The van der Waals surface area contributed by atoms with E-state index >= 15 is 0 Å². The molecule has 1 unspecified atom stereocenters. The maximum atomic E-state index is 12.9. The third kappa shape index (κ3) is 2.81. The van der Waals surface area contributed by atoms with Gasteiger partial charge in [0.05, 0.1) is 23.1 Å². The zero-order chi connectivity index (χ0) is 19.4. The quantitative estimate of drug-likeness (QED) is 0.638. The van der Waals surface area contributed by atoms with Crippen molar-refractivity contribution < 1.29 is 18.4 Å². The van der Waals surface area contributed by atoms with Gasteiger partial charge in [-0.15, -0.1) is 0 Å². The average Bonchev–Trinajstić information content (AvgIpc) is 2.84. The molecule has 1 aromatic rings. The number of aromatic nitrogens is 2. The first-order chi connectivity index (χ1) is 12.0. The molecule has 4 rings (SSSR count). The van der Waals surface area contributed by atoms with Gasteiger partial charge in [0.2, 0.25) is 0 Å². The van der Waals surface area contributed by atoms with Gasteiger partial charge in [0, 0.05) is 0 Å². The molecule has 0 aliphatic heterocycles. The first-order valence-electron chi connectivity index (χ1n) is 8.68. The van der Waals surface area contributed by atoms with E-state index in [1.165, 1.54) is 13.8 Å². The predicted octanol–water partition coefficient (Wildman–Crippen LogP) is 2.94. The Balaban J connectivity index is 1.65. The van der Waals surface area contributed by atoms with Crippen LogP contribution in [-0.2, 0) is 9.59 Å². The lowest BCUT2D eigenvalue weighted by atomic mass is 9.46. The van der Waals surface area contributed by atoms with Gasteiger partial charge in [-0.1, -0.05) is 26.0 Å². The van der Waals surface area contributed by atoms with Crippen molar-refractivity contribution in [3.63, 3.8) is 0 Å². The van der Waals surface area contributed by atoms with Crippen LogP contribution in [0, 0.1) is 31.1 Å². The third-order valence-electron chi connectivity index (χ3n) is 6.15. The molecule has 3 aliphatic rings. The van der Waals surface area contributed by atoms with Gasteiger partial charge in [0.25, 0.3) is 0 Å². The van der Waals surface area contributed by atoms with Crippen LogP contribution in [-0.4, -0.2) is 27.6 Å². The van der Waals surface area contributed by atoms with E-state index in [0.29, 0.717) is 16.5 Å². The number of carbonyl (C=O) groups excluding carboxylic acids is 2. The van der Waals surface area contributed by atoms with Crippen molar-refractivity contribution in [1.82, 2.24) is 15.1 Å². The summed E-state index contributed by atoms with van der Waals surface area (Å²) < 4.78 is 26.3. The molecule has 3 fully saturated rings. The van der Waals surface area contributed by atoms with Crippen molar-refractivity contribution in [2.24, 2.45) is 17.3 Å². The summed E-state index contributed by atoms with van der Waals surface area (Å²) in [5, 5.41) is 8.82. The number of aryl methyl sites for hydroxylation is 1. The minimum absolute atomic E-state index is 0.101. The van der Waals surface area contributed by atoms with Crippen LogP contribution in [0.5, 0.6) is 0 Å². The molecule has 8 heteroatoms. The number of nitrogens with one attached hydrogen (secondary N) is 2. The fourth-order valence-corrected chi connectivity index (χ4v) is 4.30. The average molecular weight is 366 g/mol. The number of halogens is 2. The normalized spacial score (nSPS) is 26.4. The number of alkyl halides is 2. The number of fused-ring (bicyclic) bond motifs is 2. The fourth-order valence-electron chi connectivity index (χ4n) is 4.30. The third-order valence-corrected chi connectivity index (χ3v) is 6.15. The van der Waals surface area contributed by atoms with E-state index < -0.39 is 18.4 Å². The number of amides is 2. The van der Waals surface area contributed by atoms with Crippen LogP contribution in [0.3, 0.4) is 0 Å². The SMILES string of the molecule is C=C1C(NC(=O)C(=O)Nc2c(C)nn(C(F)F)c2C)C[C@H]2C[C@@H]1C2(C)C. The first-order valence-corrected chi connectivity index (χ1v) is 8.68. The Bertz CT molecular complexity index is 784. The van der Waals surface area contributed by atoms with Crippen LogP contribution >= 0.6 is 0 Å². The van der Waals surface area contributed by atoms with Crippen LogP contribution < -0.4 is 10.6 Å². The molecule has 142 valence electrons. The maximum Gasteiger partial charge on any atom is 0.333 e. The Labute approximate surface area is 151 Å². The Morgan fingerprint density at radius 2 is 1.92 bits per heavy atom. The monoisotopic (exact) mass is 366 g/mol. The summed E-state index contributed by atoms with van der Waals surface area (Å²) in [7, 11) is 0. The summed E-state index contributed by atoms with van der Waals surface area (Å²) in [5.74, 6) is -0.835. The smallest absolute Gasteiger partial charge is 0.333 e. The maximum absolute atomic E-state index is 12.9. The lowest BCUT2D eigenvalue weighted by molar-refractivity contribution is -0.137. The zero-order valence-electron chi connectivity index (χ0n) is 15.4. The molecule has 3 atom stereocenters. The Hall–Kier alpha value is -2.25. The summed E-state index contributed by atoms with van der Waals surface area (Å²) in [6.45, 7) is 8.62. The van der Waals surface area contributed by atoms with Crippen LogP contribution in [0.15, 0.2) is 12.2 Å². The van der Waals surface area contributed by atoms with Gasteiger partial charge in [0.1, 0.15) is 0 Å². The second kappa shape index (κ2) is 6.17. The van der Waals surface area contributed by atoms with Crippen molar-refractivity contribution in [3.05, 3.63) is 23.5 Å². The van der Waals surface area contributed by atoms with Crippen LogP contribution in [0.4, 0.5) is 14.5 Å². The van der Waals surface area contributed by atoms with Crippen LogP contribution in [0.1, 0.15) is 44.6 Å². The van der Waals surface area contributed by atoms with Gasteiger partial charge >= 0.3 is 18.4 Å². The van der Waals surface area contributed by atoms with Gasteiger partial charge in [-0.3, -0.25) is 9.59 Å². The second-order valence-corrected chi connectivity index (χ2v) is 7.87. The molecule has 0 spiro atoms. The largest absolute Gasteiger partial charge is 0.341 e. The topological polar surface area (TPSA) is 76.0 Å². The summed E-state index contributed by atoms with van der Waals surface area (Å²) >= 11 is 0. The minimum atomic E-state index is -2.81. The summed E-state index contributed by atoms with van der Waals surface area (Å²) in [5.41, 5.74) is 1.62. The van der Waals surface area contributed by atoms with Crippen molar-refractivity contribution in [2.75, 3.05) is 5.32 Å². The van der Waals surface area contributed by atoms with Gasteiger partial charge in [-0.25, -0.2) is 4.68 Å². The molecular formula is C18H24F2N4O2. The van der Waals surface area contributed by atoms with Gasteiger partial charge in [-0.05, 0) is 43.9 Å². The molecule has 2 bridgehead atoms. The molecule has 3 aliphatic carbocycles. The number of carbonyl (C=O) groups is 2. The van der Waals surface area contributed by atoms with E-state index in [4.69, 9.17) is 0 Å². The summed E-state index contributed by atoms with van der Waals surface area (Å²) in [6, 6.07) is -0.226. The highest BCUT2D eigenvalue weighted by Crippen LogP contribution is 2.60. The standard InChI is InChI=1S/C18H24F2N4O2/c1-8-12-6-11(18(12,4)5)7-13(8)21-15(25)16(26)22-14-9(2)23-24(10(14)3)17(19)20/h11-13,17H,1,6-7H2,2-5H3,(H,21,25)(H,22,26)/t11-,12+,13?/m1/s1. The molecule has 2 amide bonds. The molecular weight excluding hydrogens is 342 g/mol. The predicted molar refractivity (Wildman–Crippen MR) is 92.6 cm³/mol. The van der Waals surface area contributed by atoms with Gasteiger partial charge < -0.3 is 10.6 Å². The molecule has 1 heterocycles. The lowest BCUT2D eigenvalue weighted by Crippen LogP contribution is -2.58. The van der Waals surface area contributed by atoms with E-state index in [1.807, 2.05) is 0 Å². The first kappa shape index (κ1) is 18.5. The van der Waals surface area contributed by atoms with E-state index in [2.05, 4.69) is 36.2 Å². The zero-order valence-corrected chi connectivity index (χ0v) is 15.4. The molecule has 6 nitrogen and oxygen atoms in total. The lowest BCUT2D eigenvalue weighted by Gasteiger charge is -2.59. The molecule has 0 radical (unpaired) electrons. The molecule has 26 heavy (non-hydrogen) atoms. The van der Waals surface area contributed by atoms with Crippen LogP contribution in [0.25, 0.3) is 0 Å². The minimum Gasteiger partial charge on any atom is -0.341 e. The Morgan fingerprint density at radius 1 is 1.27 bits per heavy atom. The number of rotatable bonds is 3. The molecule has 0 aromatic carbocycles. The van der Waals surface area contributed by atoms with E-state index in [0.717, 1.165) is 18.4 Å². The highest BCUT2D eigenvalue weighted by atomic mass is 19.3. The van der Waals surface area contributed by atoms with E-state index in [9.17, 15) is 18.4 Å². The Kier molecular flexibility index (Phi) is 4.40. The summed E-state index contributed by atoms with van der Waals surface area (Å²) in [6.07, 6.45) is 1.85.